The number of aliphatic hydroxyl groups excluding tert-OH is 1. The number of benzene rings is 2. The monoisotopic (exact) mass is 362 g/mol. The molecule has 1 N–H and O–H groups in total. The van der Waals surface area contributed by atoms with E-state index in [-0.39, 0.29) is 10.2 Å². The molecule has 20 heavy (non-hydrogen) atoms. The molecule has 2 aromatic rings. The normalized spacial score (nSPS) is 12.4. The van der Waals surface area contributed by atoms with E-state index in [1.54, 1.807) is 18.2 Å². The molecule has 0 spiro atoms. The van der Waals surface area contributed by atoms with Crippen molar-refractivity contribution in [3.05, 3.63) is 63.9 Å². The van der Waals surface area contributed by atoms with Crippen LogP contribution in [-0.2, 0) is 0 Å². The molecule has 2 rings (SSSR count). The second-order valence-electron chi connectivity index (χ2n) is 4.01. The highest BCUT2D eigenvalue weighted by Gasteiger charge is 2.20. The van der Waals surface area contributed by atoms with E-state index in [1.165, 1.54) is 12.1 Å². The average molecular weight is 363 g/mol. The molecule has 6 heteroatoms. The van der Waals surface area contributed by atoms with E-state index in [4.69, 9.17) is 0 Å². The first-order valence-corrected chi connectivity index (χ1v) is 7.47. The van der Waals surface area contributed by atoms with Gasteiger partial charge in [0.2, 0.25) is 0 Å². The fraction of sp³-hybridized carbons (Fsp3) is 0.143. The summed E-state index contributed by atoms with van der Waals surface area (Å²) >= 11 is 3.94. The fourth-order valence-electron chi connectivity index (χ4n) is 1.66. The number of hydrogen-bond donors (Lipinski definition) is 1. The summed E-state index contributed by atoms with van der Waals surface area (Å²) in [6.45, 7) is 0. The van der Waals surface area contributed by atoms with Gasteiger partial charge in [0.15, 0.2) is 0 Å². The Morgan fingerprint density at radius 2 is 1.75 bits per heavy atom. The number of aliphatic hydroxyl groups is 1. The summed E-state index contributed by atoms with van der Waals surface area (Å²) in [6.07, 6.45) is -1.36. The Morgan fingerprint density at radius 3 is 2.45 bits per heavy atom. The molecule has 0 saturated heterocycles. The molecule has 106 valence electrons. The number of hydrogen-bond acceptors (Lipinski definition) is 2. The summed E-state index contributed by atoms with van der Waals surface area (Å²) in [5, 5.41) is 9.91. The van der Waals surface area contributed by atoms with Gasteiger partial charge in [0.25, 0.3) is 0 Å². The Morgan fingerprint density at radius 1 is 1.05 bits per heavy atom. The molecule has 1 unspecified atom stereocenters. The molecule has 0 fully saturated rings. The van der Waals surface area contributed by atoms with Crippen molar-refractivity contribution < 1.29 is 18.3 Å². The van der Waals surface area contributed by atoms with E-state index in [0.29, 0.717) is 4.90 Å². The second-order valence-corrected chi connectivity index (χ2v) is 5.93. The largest absolute Gasteiger partial charge is 0.387 e. The molecule has 2 aromatic carbocycles. The molecular formula is C14H10BrF3OS. The van der Waals surface area contributed by atoms with E-state index >= 15 is 0 Å². The Labute approximate surface area is 126 Å². The van der Waals surface area contributed by atoms with Crippen LogP contribution in [-0.4, -0.2) is 10.9 Å². The zero-order valence-electron chi connectivity index (χ0n) is 10.1. The first kappa shape index (κ1) is 15.4. The maximum absolute atomic E-state index is 13.8. The molecule has 0 aliphatic rings. The molecule has 0 bridgehead atoms. The van der Waals surface area contributed by atoms with Crippen molar-refractivity contribution >= 4 is 27.7 Å². The first-order valence-electron chi connectivity index (χ1n) is 5.69. The zero-order chi connectivity index (χ0) is 14.7. The number of rotatable bonds is 4. The predicted molar refractivity (Wildman–Crippen MR) is 76.1 cm³/mol. The second kappa shape index (κ2) is 6.65. The third kappa shape index (κ3) is 3.37. The Kier molecular flexibility index (Phi) is 5.12. The van der Waals surface area contributed by atoms with Crippen LogP contribution < -0.4 is 0 Å². The SMILES string of the molecule is OC(CSc1ccccc1F)c1c(F)ccc(Br)c1F. The molecule has 0 heterocycles. The lowest BCUT2D eigenvalue weighted by Gasteiger charge is -2.13. The van der Waals surface area contributed by atoms with Gasteiger partial charge in [0.1, 0.15) is 17.5 Å². The molecule has 0 aliphatic carbocycles. The summed E-state index contributed by atoms with van der Waals surface area (Å²) in [5.41, 5.74) is -0.414. The van der Waals surface area contributed by atoms with Crippen molar-refractivity contribution in [3.8, 4) is 0 Å². The molecule has 1 atom stereocenters. The third-order valence-corrected chi connectivity index (χ3v) is 4.38. The fourth-order valence-corrected chi connectivity index (χ4v) is 2.89. The number of halogens is 4. The van der Waals surface area contributed by atoms with Gasteiger partial charge in [-0.2, -0.15) is 0 Å². The van der Waals surface area contributed by atoms with Crippen LogP contribution in [0.15, 0.2) is 45.8 Å². The highest BCUT2D eigenvalue weighted by atomic mass is 79.9. The van der Waals surface area contributed by atoms with Crippen LogP contribution in [0.2, 0.25) is 0 Å². The van der Waals surface area contributed by atoms with Crippen LogP contribution in [0.5, 0.6) is 0 Å². The predicted octanol–water partition coefficient (Wildman–Crippen LogP) is 4.69. The van der Waals surface area contributed by atoms with Gasteiger partial charge in [-0.15, -0.1) is 11.8 Å². The van der Waals surface area contributed by atoms with Gasteiger partial charge in [0, 0.05) is 10.6 Å². The topological polar surface area (TPSA) is 20.2 Å². The number of thioether (sulfide) groups is 1. The van der Waals surface area contributed by atoms with Crippen LogP contribution in [0.25, 0.3) is 0 Å². The minimum Gasteiger partial charge on any atom is -0.387 e. The van der Waals surface area contributed by atoms with Crippen LogP contribution in [0.4, 0.5) is 13.2 Å². The van der Waals surface area contributed by atoms with Gasteiger partial charge >= 0.3 is 0 Å². The molecular weight excluding hydrogens is 353 g/mol. The van der Waals surface area contributed by atoms with Crippen LogP contribution >= 0.6 is 27.7 Å². The third-order valence-electron chi connectivity index (χ3n) is 2.65. The molecule has 0 aliphatic heterocycles. The minimum atomic E-state index is -1.36. The van der Waals surface area contributed by atoms with E-state index in [2.05, 4.69) is 15.9 Å². The Balaban J connectivity index is 2.15. The molecule has 0 saturated carbocycles. The van der Waals surface area contributed by atoms with Crippen molar-refractivity contribution in [1.82, 2.24) is 0 Å². The standard InChI is InChI=1S/C14H10BrF3OS/c15-8-5-6-10(17)13(14(8)18)11(19)7-20-12-4-2-1-3-9(12)16/h1-6,11,19H,7H2. The van der Waals surface area contributed by atoms with E-state index in [1.807, 2.05) is 0 Å². The van der Waals surface area contributed by atoms with Crippen molar-refractivity contribution in [1.29, 1.82) is 0 Å². The highest BCUT2D eigenvalue weighted by molar-refractivity contribution is 9.10. The Hall–Kier alpha value is -0.980. The molecule has 0 amide bonds. The van der Waals surface area contributed by atoms with E-state index in [9.17, 15) is 18.3 Å². The summed E-state index contributed by atoms with van der Waals surface area (Å²) < 4.78 is 40.8. The summed E-state index contributed by atoms with van der Waals surface area (Å²) in [6, 6.07) is 8.32. The quantitative estimate of drug-likeness (QED) is 0.628. The van der Waals surface area contributed by atoms with Gasteiger partial charge in [-0.25, -0.2) is 13.2 Å². The smallest absolute Gasteiger partial charge is 0.146 e. The highest BCUT2D eigenvalue weighted by Crippen LogP contribution is 2.31. The van der Waals surface area contributed by atoms with Crippen LogP contribution in [0.1, 0.15) is 11.7 Å². The zero-order valence-corrected chi connectivity index (χ0v) is 12.5. The molecule has 0 radical (unpaired) electrons. The van der Waals surface area contributed by atoms with Crippen LogP contribution in [0, 0.1) is 17.5 Å². The van der Waals surface area contributed by atoms with Crippen LogP contribution in [0.3, 0.4) is 0 Å². The first-order chi connectivity index (χ1) is 9.50. The Bertz CT molecular complexity index is 621. The van der Waals surface area contributed by atoms with Gasteiger partial charge in [-0.05, 0) is 40.2 Å². The van der Waals surface area contributed by atoms with Gasteiger partial charge in [-0.3, -0.25) is 0 Å². The average Bonchev–Trinajstić information content (AvgIpc) is 2.42. The van der Waals surface area contributed by atoms with Crippen molar-refractivity contribution in [2.75, 3.05) is 5.75 Å². The van der Waals surface area contributed by atoms with E-state index in [0.717, 1.165) is 17.8 Å². The summed E-state index contributed by atoms with van der Waals surface area (Å²) in [4.78, 5) is 0.322. The van der Waals surface area contributed by atoms with Gasteiger partial charge in [-0.1, -0.05) is 12.1 Å². The van der Waals surface area contributed by atoms with Crippen molar-refractivity contribution in [2.45, 2.75) is 11.0 Å². The minimum absolute atomic E-state index is 0.0504. The lowest BCUT2D eigenvalue weighted by molar-refractivity contribution is 0.193. The van der Waals surface area contributed by atoms with Crippen molar-refractivity contribution in [2.24, 2.45) is 0 Å². The lowest BCUT2D eigenvalue weighted by atomic mass is 10.1. The van der Waals surface area contributed by atoms with Crippen molar-refractivity contribution in [3.63, 3.8) is 0 Å². The van der Waals surface area contributed by atoms with Gasteiger partial charge in [0.05, 0.1) is 16.1 Å². The summed E-state index contributed by atoms with van der Waals surface area (Å²) in [5.74, 6) is -2.15. The maximum atomic E-state index is 13.8. The maximum Gasteiger partial charge on any atom is 0.146 e. The molecule has 0 aromatic heterocycles. The van der Waals surface area contributed by atoms with E-state index < -0.39 is 29.1 Å². The summed E-state index contributed by atoms with van der Waals surface area (Å²) in [7, 11) is 0. The lowest BCUT2D eigenvalue weighted by Crippen LogP contribution is -2.07. The molecule has 1 nitrogen and oxygen atoms in total. The van der Waals surface area contributed by atoms with Gasteiger partial charge < -0.3 is 5.11 Å².